The molecule has 70 valence electrons. The molecule has 0 aromatic carbocycles. The maximum absolute atomic E-state index is 10.6. The molecule has 0 spiro atoms. The number of hydrogen-bond donors (Lipinski definition) is 1. The number of hydrogen-bond acceptors (Lipinski definition) is 4. The molecule has 0 radical (unpaired) electrons. The Hall–Kier alpha value is -1.75. The number of thiazole rings is 1. The molecule has 0 unspecified atom stereocenters. The maximum atomic E-state index is 10.6. The molecule has 1 N–H and O–H groups in total. The van der Waals surface area contributed by atoms with Gasteiger partial charge < -0.3 is 5.11 Å². The highest BCUT2D eigenvalue weighted by Crippen LogP contribution is 2.19. The largest absolute Gasteiger partial charge is 0.476 e. The van der Waals surface area contributed by atoms with E-state index in [4.69, 9.17) is 5.11 Å². The van der Waals surface area contributed by atoms with Crippen LogP contribution in [-0.4, -0.2) is 21.0 Å². The van der Waals surface area contributed by atoms with Gasteiger partial charge >= 0.3 is 5.97 Å². The first-order valence-corrected chi connectivity index (χ1v) is 4.75. The first kappa shape index (κ1) is 8.83. The molecular weight excluding hydrogens is 200 g/mol. The number of carbonyl (C=O) groups is 1. The van der Waals surface area contributed by atoms with Crippen molar-refractivity contribution in [1.82, 2.24) is 9.97 Å². The Morgan fingerprint density at radius 1 is 1.36 bits per heavy atom. The van der Waals surface area contributed by atoms with E-state index in [0.29, 0.717) is 11.4 Å². The molecule has 0 aliphatic rings. The number of carboxylic acid groups (broad SMARTS) is 1. The standard InChI is InChI=1S/C9H6N2O2S/c12-9(13)8-11-7(5-14-8)6-3-1-2-4-10-6/h1-5H,(H,12,13). The van der Waals surface area contributed by atoms with Gasteiger partial charge in [0.2, 0.25) is 5.01 Å². The van der Waals surface area contributed by atoms with Crippen molar-refractivity contribution < 1.29 is 9.90 Å². The Kier molecular flexibility index (Phi) is 2.24. The second-order valence-electron chi connectivity index (χ2n) is 2.56. The van der Waals surface area contributed by atoms with E-state index < -0.39 is 5.97 Å². The lowest BCUT2D eigenvalue weighted by molar-refractivity contribution is 0.0696. The summed E-state index contributed by atoms with van der Waals surface area (Å²) in [5, 5.41) is 10.4. The van der Waals surface area contributed by atoms with Crippen LogP contribution in [0, 0.1) is 0 Å². The van der Waals surface area contributed by atoms with Crippen LogP contribution in [0.1, 0.15) is 9.80 Å². The van der Waals surface area contributed by atoms with Crippen molar-refractivity contribution in [1.29, 1.82) is 0 Å². The molecule has 0 fully saturated rings. The minimum Gasteiger partial charge on any atom is -0.476 e. The van der Waals surface area contributed by atoms with Gasteiger partial charge in [0.05, 0.1) is 5.69 Å². The third kappa shape index (κ3) is 1.62. The van der Waals surface area contributed by atoms with Gasteiger partial charge in [-0.15, -0.1) is 11.3 Å². The fourth-order valence-corrected chi connectivity index (χ4v) is 1.65. The molecule has 14 heavy (non-hydrogen) atoms. The molecular formula is C9H6N2O2S. The summed E-state index contributed by atoms with van der Waals surface area (Å²) >= 11 is 1.10. The molecule has 2 aromatic rings. The van der Waals surface area contributed by atoms with Crippen LogP contribution in [0.3, 0.4) is 0 Å². The smallest absolute Gasteiger partial charge is 0.365 e. The Morgan fingerprint density at radius 3 is 2.79 bits per heavy atom. The van der Waals surface area contributed by atoms with E-state index in [1.165, 1.54) is 0 Å². The maximum Gasteiger partial charge on any atom is 0.365 e. The van der Waals surface area contributed by atoms with Crippen molar-refractivity contribution in [2.24, 2.45) is 0 Å². The average Bonchev–Trinajstić information content (AvgIpc) is 2.68. The molecule has 2 rings (SSSR count). The quantitative estimate of drug-likeness (QED) is 0.815. The van der Waals surface area contributed by atoms with Crippen LogP contribution in [0.4, 0.5) is 0 Å². The summed E-state index contributed by atoms with van der Waals surface area (Å²) in [6.07, 6.45) is 1.65. The molecule has 0 saturated heterocycles. The normalized spacial score (nSPS) is 10.0. The van der Waals surface area contributed by atoms with Crippen molar-refractivity contribution in [3.63, 3.8) is 0 Å². The molecule has 0 saturated carbocycles. The first-order valence-electron chi connectivity index (χ1n) is 3.87. The fourth-order valence-electron chi connectivity index (χ4n) is 1.00. The number of carboxylic acids is 1. The van der Waals surface area contributed by atoms with E-state index in [-0.39, 0.29) is 5.01 Å². The molecule has 0 bridgehead atoms. The minimum absolute atomic E-state index is 0.0886. The minimum atomic E-state index is -1.00. The van der Waals surface area contributed by atoms with Gasteiger partial charge in [-0.25, -0.2) is 9.78 Å². The summed E-state index contributed by atoms with van der Waals surface area (Å²) in [4.78, 5) is 18.6. The van der Waals surface area contributed by atoms with Gasteiger partial charge in [0.15, 0.2) is 0 Å². The summed E-state index contributed by atoms with van der Waals surface area (Å²) in [6, 6.07) is 5.43. The van der Waals surface area contributed by atoms with Crippen molar-refractivity contribution in [3.8, 4) is 11.4 Å². The summed E-state index contributed by atoms with van der Waals surface area (Å²) in [5.41, 5.74) is 1.30. The summed E-state index contributed by atoms with van der Waals surface area (Å²) in [5.74, 6) is -1.00. The Bertz CT molecular complexity index is 453. The van der Waals surface area contributed by atoms with E-state index in [9.17, 15) is 4.79 Å². The molecule has 5 heteroatoms. The van der Waals surface area contributed by atoms with Crippen LogP contribution in [0.15, 0.2) is 29.8 Å². The van der Waals surface area contributed by atoms with E-state index in [2.05, 4.69) is 9.97 Å². The Labute approximate surface area is 83.9 Å². The van der Waals surface area contributed by atoms with Gasteiger partial charge in [0.25, 0.3) is 0 Å². The van der Waals surface area contributed by atoms with Crippen LogP contribution >= 0.6 is 11.3 Å². The molecule has 0 amide bonds. The molecule has 0 aliphatic carbocycles. The van der Waals surface area contributed by atoms with Crippen LogP contribution in [0.5, 0.6) is 0 Å². The lowest BCUT2D eigenvalue weighted by Crippen LogP contribution is -1.94. The highest BCUT2D eigenvalue weighted by atomic mass is 32.1. The molecule has 2 heterocycles. The third-order valence-electron chi connectivity index (χ3n) is 1.61. The van der Waals surface area contributed by atoms with Crippen LogP contribution in [0.25, 0.3) is 11.4 Å². The van der Waals surface area contributed by atoms with Crippen molar-refractivity contribution in [3.05, 3.63) is 34.8 Å². The van der Waals surface area contributed by atoms with Gasteiger partial charge in [0.1, 0.15) is 5.69 Å². The van der Waals surface area contributed by atoms with Gasteiger partial charge in [-0.2, -0.15) is 0 Å². The SMILES string of the molecule is O=C(O)c1nc(-c2ccccn2)cs1. The highest BCUT2D eigenvalue weighted by Gasteiger charge is 2.10. The first-order chi connectivity index (χ1) is 6.77. The van der Waals surface area contributed by atoms with Crippen LogP contribution < -0.4 is 0 Å². The van der Waals surface area contributed by atoms with Crippen molar-refractivity contribution >= 4 is 17.3 Å². The van der Waals surface area contributed by atoms with Crippen molar-refractivity contribution in [2.75, 3.05) is 0 Å². The number of aromatic carboxylic acids is 1. The number of aromatic nitrogens is 2. The third-order valence-corrected chi connectivity index (χ3v) is 2.44. The van der Waals surface area contributed by atoms with Gasteiger partial charge in [-0.3, -0.25) is 4.98 Å². The second-order valence-corrected chi connectivity index (χ2v) is 3.42. The predicted octanol–water partition coefficient (Wildman–Crippen LogP) is 1.90. The zero-order valence-electron chi connectivity index (χ0n) is 7.04. The lowest BCUT2D eigenvalue weighted by Gasteiger charge is -1.92. The van der Waals surface area contributed by atoms with E-state index in [1.54, 1.807) is 23.7 Å². The Balaban J connectivity index is 2.39. The van der Waals surface area contributed by atoms with Crippen LogP contribution in [-0.2, 0) is 0 Å². The summed E-state index contributed by atoms with van der Waals surface area (Å²) in [7, 11) is 0. The Morgan fingerprint density at radius 2 is 2.21 bits per heavy atom. The van der Waals surface area contributed by atoms with Crippen molar-refractivity contribution in [2.45, 2.75) is 0 Å². The second kappa shape index (κ2) is 3.55. The van der Waals surface area contributed by atoms with Gasteiger partial charge in [-0.1, -0.05) is 6.07 Å². The van der Waals surface area contributed by atoms with Gasteiger partial charge in [-0.05, 0) is 12.1 Å². The fraction of sp³-hybridized carbons (Fsp3) is 0. The van der Waals surface area contributed by atoms with E-state index >= 15 is 0 Å². The molecule has 2 aromatic heterocycles. The number of pyridine rings is 1. The van der Waals surface area contributed by atoms with E-state index in [1.807, 2.05) is 6.07 Å². The number of nitrogens with zero attached hydrogens (tertiary/aromatic N) is 2. The van der Waals surface area contributed by atoms with E-state index in [0.717, 1.165) is 11.3 Å². The summed E-state index contributed by atoms with van der Waals surface area (Å²) in [6.45, 7) is 0. The highest BCUT2D eigenvalue weighted by molar-refractivity contribution is 7.11. The average molecular weight is 206 g/mol. The zero-order valence-corrected chi connectivity index (χ0v) is 7.86. The topological polar surface area (TPSA) is 63.1 Å². The monoisotopic (exact) mass is 206 g/mol. The molecule has 4 nitrogen and oxygen atoms in total. The number of rotatable bonds is 2. The summed E-state index contributed by atoms with van der Waals surface area (Å²) < 4.78 is 0. The lowest BCUT2D eigenvalue weighted by atomic mass is 10.3. The zero-order chi connectivity index (χ0) is 9.97. The molecule has 0 aliphatic heterocycles. The molecule has 0 atom stereocenters. The van der Waals surface area contributed by atoms with Gasteiger partial charge in [0, 0.05) is 11.6 Å². The predicted molar refractivity (Wildman–Crippen MR) is 52.3 cm³/mol. The van der Waals surface area contributed by atoms with Crippen LogP contribution in [0.2, 0.25) is 0 Å².